The molecule has 0 radical (unpaired) electrons. The number of rotatable bonds is 1. The molecule has 1 aliphatic rings. The highest BCUT2D eigenvalue weighted by Crippen LogP contribution is 2.35. The van der Waals surface area contributed by atoms with Crippen LogP contribution in [-0.4, -0.2) is 7.05 Å². The molecule has 2 heteroatoms. The van der Waals surface area contributed by atoms with Crippen molar-refractivity contribution < 1.29 is 0 Å². The highest BCUT2D eigenvalue weighted by atomic mass is 32.1. The van der Waals surface area contributed by atoms with E-state index >= 15 is 0 Å². The van der Waals surface area contributed by atoms with Crippen molar-refractivity contribution in [2.24, 2.45) is 0 Å². The molecule has 3 rings (SSSR count). The normalized spacial score (nSPS) is 20.2. The van der Waals surface area contributed by atoms with E-state index in [1.807, 2.05) is 11.3 Å². The maximum Gasteiger partial charge on any atom is 0.0345 e. The maximum absolute atomic E-state index is 3.38. The Bertz CT molecular complexity index is 472. The second-order valence-electron chi connectivity index (χ2n) is 3.89. The lowest BCUT2D eigenvalue weighted by Gasteiger charge is -2.09. The summed E-state index contributed by atoms with van der Waals surface area (Å²) in [5.74, 6) is 0. The summed E-state index contributed by atoms with van der Waals surface area (Å²) in [6.07, 6.45) is 2.48. The second-order valence-corrected chi connectivity index (χ2v) is 4.84. The molecule has 0 saturated carbocycles. The Balaban J connectivity index is 2.23. The molecular formula is C12H13NS. The molecule has 0 spiro atoms. The summed E-state index contributed by atoms with van der Waals surface area (Å²) in [5.41, 5.74) is 3.05. The molecule has 2 aromatic rings. The van der Waals surface area contributed by atoms with E-state index in [0.717, 1.165) is 0 Å². The third-order valence-corrected chi connectivity index (χ3v) is 4.02. The molecule has 1 N–H and O–H groups in total. The topological polar surface area (TPSA) is 12.0 Å². The predicted molar refractivity (Wildman–Crippen MR) is 61.9 cm³/mol. The molecule has 1 aromatic heterocycles. The summed E-state index contributed by atoms with van der Waals surface area (Å²) in [5, 5.41) is 6.95. The quantitative estimate of drug-likeness (QED) is 0.751. The molecule has 0 fully saturated rings. The lowest BCUT2D eigenvalue weighted by Crippen LogP contribution is -2.12. The van der Waals surface area contributed by atoms with Gasteiger partial charge in [0.25, 0.3) is 0 Å². The Kier molecular flexibility index (Phi) is 1.85. The molecule has 14 heavy (non-hydrogen) atoms. The summed E-state index contributed by atoms with van der Waals surface area (Å²) >= 11 is 1.84. The third kappa shape index (κ3) is 1.11. The van der Waals surface area contributed by atoms with Crippen molar-refractivity contribution in [1.82, 2.24) is 5.32 Å². The van der Waals surface area contributed by atoms with E-state index in [-0.39, 0.29) is 0 Å². The van der Waals surface area contributed by atoms with Gasteiger partial charge in [-0.05, 0) is 60.0 Å². The van der Waals surface area contributed by atoms with Crippen molar-refractivity contribution >= 4 is 21.4 Å². The van der Waals surface area contributed by atoms with E-state index in [2.05, 4.69) is 35.9 Å². The highest BCUT2D eigenvalue weighted by molar-refractivity contribution is 7.17. The van der Waals surface area contributed by atoms with E-state index in [0.29, 0.717) is 6.04 Å². The van der Waals surface area contributed by atoms with Crippen LogP contribution >= 0.6 is 11.3 Å². The maximum atomic E-state index is 3.38. The molecule has 1 aromatic carbocycles. The smallest absolute Gasteiger partial charge is 0.0345 e. The third-order valence-electron chi connectivity index (χ3n) is 3.14. The average molecular weight is 203 g/mol. The summed E-state index contributed by atoms with van der Waals surface area (Å²) in [6.45, 7) is 0. The zero-order valence-corrected chi connectivity index (χ0v) is 9.03. The number of benzene rings is 1. The van der Waals surface area contributed by atoms with Crippen molar-refractivity contribution in [3.8, 4) is 0 Å². The van der Waals surface area contributed by atoms with Crippen molar-refractivity contribution in [3.05, 3.63) is 34.7 Å². The van der Waals surface area contributed by atoms with Gasteiger partial charge in [0.2, 0.25) is 0 Å². The summed E-state index contributed by atoms with van der Waals surface area (Å²) in [4.78, 5) is 0. The first-order valence-electron chi connectivity index (χ1n) is 5.06. The Morgan fingerprint density at radius 1 is 1.43 bits per heavy atom. The van der Waals surface area contributed by atoms with Crippen LogP contribution in [0.3, 0.4) is 0 Å². The van der Waals surface area contributed by atoms with E-state index < -0.39 is 0 Å². The molecular weight excluding hydrogens is 190 g/mol. The molecule has 0 aliphatic heterocycles. The Morgan fingerprint density at radius 3 is 3.21 bits per heavy atom. The number of thiophene rings is 1. The van der Waals surface area contributed by atoms with Crippen molar-refractivity contribution in [3.63, 3.8) is 0 Å². The van der Waals surface area contributed by atoms with Crippen LogP contribution in [0.15, 0.2) is 23.6 Å². The molecule has 0 amide bonds. The molecule has 0 bridgehead atoms. The summed E-state index contributed by atoms with van der Waals surface area (Å²) < 4.78 is 1.43. The minimum Gasteiger partial charge on any atom is -0.313 e. The molecule has 72 valence electrons. The van der Waals surface area contributed by atoms with Crippen LogP contribution in [0.5, 0.6) is 0 Å². The van der Waals surface area contributed by atoms with Gasteiger partial charge >= 0.3 is 0 Å². The number of fused-ring (bicyclic) bond motifs is 2. The van der Waals surface area contributed by atoms with Gasteiger partial charge in [-0.1, -0.05) is 0 Å². The summed E-state index contributed by atoms with van der Waals surface area (Å²) in [6, 6.07) is 7.52. The predicted octanol–water partition coefficient (Wildman–Crippen LogP) is 3.11. The lowest BCUT2D eigenvalue weighted by molar-refractivity contribution is 0.591. The first kappa shape index (κ1) is 8.45. The lowest BCUT2D eigenvalue weighted by atomic mass is 10.1. The molecule has 0 saturated heterocycles. The second kappa shape index (κ2) is 3.07. The van der Waals surface area contributed by atoms with Gasteiger partial charge in [0.1, 0.15) is 0 Å². The minimum atomic E-state index is 0.578. The largest absolute Gasteiger partial charge is 0.313 e. The van der Waals surface area contributed by atoms with Gasteiger partial charge in [0, 0.05) is 10.7 Å². The standard InChI is InChI=1S/C12H13NS/c1-13-11-3-2-8-7-12-9(4-5-14-12)6-10(8)11/h4-7,11,13H,2-3H2,1H3. The van der Waals surface area contributed by atoms with Crippen molar-refractivity contribution in [2.75, 3.05) is 7.05 Å². The Labute approximate surface area is 87.8 Å². The SMILES string of the molecule is CNC1CCc2cc3sccc3cc21. The minimum absolute atomic E-state index is 0.578. The Morgan fingerprint density at radius 2 is 2.36 bits per heavy atom. The average Bonchev–Trinajstić information content (AvgIpc) is 2.78. The zero-order valence-electron chi connectivity index (χ0n) is 8.21. The van der Waals surface area contributed by atoms with E-state index in [1.165, 1.54) is 28.5 Å². The van der Waals surface area contributed by atoms with Crippen LogP contribution in [-0.2, 0) is 6.42 Å². The molecule has 1 unspecified atom stereocenters. The van der Waals surface area contributed by atoms with Gasteiger partial charge in [0.05, 0.1) is 0 Å². The van der Waals surface area contributed by atoms with Crippen LogP contribution in [0.25, 0.3) is 10.1 Å². The van der Waals surface area contributed by atoms with Gasteiger partial charge in [-0.3, -0.25) is 0 Å². The van der Waals surface area contributed by atoms with E-state index in [1.54, 1.807) is 5.56 Å². The number of nitrogens with one attached hydrogen (secondary N) is 1. The zero-order chi connectivity index (χ0) is 9.54. The van der Waals surface area contributed by atoms with Crippen LogP contribution in [0, 0.1) is 0 Å². The van der Waals surface area contributed by atoms with Crippen molar-refractivity contribution in [2.45, 2.75) is 18.9 Å². The van der Waals surface area contributed by atoms with Gasteiger partial charge in [-0.2, -0.15) is 0 Å². The fourth-order valence-corrected chi connectivity index (χ4v) is 3.20. The van der Waals surface area contributed by atoms with Crippen LogP contribution in [0.2, 0.25) is 0 Å². The van der Waals surface area contributed by atoms with Crippen LogP contribution < -0.4 is 5.32 Å². The number of aryl methyl sites for hydroxylation is 1. The number of hydrogen-bond donors (Lipinski definition) is 1. The van der Waals surface area contributed by atoms with Crippen LogP contribution in [0.1, 0.15) is 23.6 Å². The highest BCUT2D eigenvalue weighted by Gasteiger charge is 2.21. The molecule has 1 nitrogen and oxygen atoms in total. The van der Waals surface area contributed by atoms with Gasteiger partial charge in [0.15, 0.2) is 0 Å². The fourth-order valence-electron chi connectivity index (χ4n) is 2.37. The van der Waals surface area contributed by atoms with E-state index in [4.69, 9.17) is 0 Å². The van der Waals surface area contributed by atoms with Gasteiger partial charge in [-0.15, -0.1) is 11.3 Å². The number of hydrogen-bond acceptors (Lipinski definition) is 2. The fraction of sp³-hybridized carbons (Fsp3) is 0.333. The van der Waals surface area contributed by atoms with Crippen molar-refractivity contribution in [1.29, 1.82) is 0 Å². The molecule has 1 heterocycles. The summed E-state index contributed by atoms with van der Waals surface area (Å²) in [7, 11) is 2.05. The Hall–Kier alpha value is -0.860. The van der Waals surface area contributed by atoms with Gasteiger partial charge in [-0.25, -0.2) is 0 Å². The first-order valence-corrected chi connectivity index (χ1v) is 5.94. The molecule has 1 atom stereocenters. The molecule has 1 aliphatic carbocycles. The first-order chi connectivity index (χ1) is 6.88. The van der Waals surface area contributed by atoms with Crippen LogP contribution in [0.4, 0.5) is 0 Å². The van der Waals surface area contributed by atoms with E-state index in [9.17, 15) is 0 Å². The van der Waals surface area contributed by atoms with Gasteiger partial charge < -0.3 is 5.32 Å². The monoisotopic (exact) mass is 203 g/mol.